The van der Waals surface area contributed by atoms with Crippen LogP contribution in [0.25, 0.3) is 0 Å². The number of hydrogen-bond donors (Lipinski definition) is 1. The molecule has 4 nitrogen and oxygen atoms in total. The maximum atomic E-state index is 10.7. The summed E-state index contributed by atoms with van der Waals surface area (Å²) in [5, 5.41) is 11.7. The van der Waals surface area contributed by atoms with Gasteiger partial charge < -0.3 is 5.11 Å². The third kappa shape index (κ3) is 3.93. The van der Waals surface area contributed by atoms with Crippen LogP contribution in [0.5, 0.6) is 0 Å². The maximum absolute atomic E-state index is 10.7. The Bertz CT molecular complexity index is 648. The fourth-order valence-electron chi connectivity index (χ4n) is 2.90. The minimum Gasteiger partial charge on any atom is -0.481 e. The first kappa shape index (κ1) is 15.2. The molecule has 1 aromatic carbocycles. The van der Waals surface area contributed by atoms with Gasteiger partial charge in [-0.2, -0.15) is 0 Å². The lowest BCUT2D eigenvalue weighted by atomic mass is 10.0. The molecule has 0 amide bonds. The van der Waals surface area contributed by atoms with E-state index < -0.39 is 5.97 Å². The van der Waals surface area contributed by atoms with Gasteiger partial charge in [-0.25, -0.2) is 4.98 Å². The van der Waals surface area contributed by atoms with E-state index in [1.165, 1.54) is 37.1 Å². The van der Waals surface area contributed by atoms with E-state index in [9.17, 15) is 4.79 Å². The van der Waals surface area contributed by atoms with Gasteiger partial charge in [0.25, 0.3) is 0 Å². The van der Waals surface area contributed by atoms with Crippen molar-refractivity contribution in [2.45, 2.75) is 32.2 Å². The van der Waals surface area contributed by atoms with E-state index >= 15 is 0 Å². The van der Waals surface area contributed by atoms with E-state index in [4.69, 9.17) is 5.11 Å². The van der Waals surface area contributed by atoms with Crippen LogP contribution in [0.2, 0.25) is 0 Å². The third-order valence-corrected chi connectivity index (χ3v) is 4.88. The minimum absolute atomic E-state index is 0.00588. The predicted molar refractivity (Wildman–Crippen MR) is 87.2 cm³/mol. The van der Waals surface area contributed by atoms with Gasteiger partial charge in [-0.1, -0.05) is 24.3 Å². The summed E-state index contributed by atoms with van der Waals surface area (Å²) in [6.45, 7) is 3.38. The molecular weight excluding hydrogens is 296 g/mol. The summed E-state index contributed by atoms with van der Waals surface area (Å²) < 4.78 is 0. The quantitative estimate of drug-likeness (QED) is 0.890. The lowest BCUT2D eigenvalue weighted by molar-refractivity contribution is -0.136. The van der Waals surface area contributed by atoms with Crippen LogP contribution in [0.15, 0.2) is 29.6 Å². The Labute approximate surface area is 134 Å². The summed E-state index contributed by atoms with van der Waals surface area (Å²) >= 11 is 1.55. The molecule has 3 rings (SSSR count). The SMILES string of the molecule is O=C(O)Cc1csc(Cc2ccccc2CN2CCCC2)n1. The Morgan fingerprint density at radius 1 is 1.23 bits per heavy atom. The fraction of sp³-hybridized carbons (Fsp3) is 0.412. The number of carboxylic acid groups (broad SMARTS) is 1. The van der Waals surface area contributed by atoms with Crippen molar-refractivity contribution >= 4 is 17.3 Å². The number of carboxylic acids is 1. The fourth-order valence-corrected chi connectivity index (χ4v) is 3.71. The Kier molecular flexibility index (Phi) is 4.85. The van der Waals surface area contributed by atoms with Gasteiger partial charge in [0.05, 0.1) is 17.1 Å². The highest BCUT2D eigenvalue weighted by molar-refractivity contribution is 7.09. The lowest BCUT2D eigenvalue weighted by Crippen LogP contribution is -2.19. The third-order valence-electron chi connectivity index (χ3n) is 3.98. The molecule has 116 valence electrons. The molecule has 1 saturated heterocycles. The maximum Gasteiger partial charge on any atom is 0.309 e. The standard InChI is InChI=1S/C17H20N2O2S/c20-17(21)10-15-12-22-16(18-15)9-13-5-1-2-6-14(13)11-19-7-3-4-8-19/h1-2,5-6,12H,3-4,7-11H2,(H,20,21). The minimum atomic E-state index is -0.828. The number of aromatic nitrogens is 1. The second kappa shape index (κ2) is 7.03. The number of benzene rings is 1. The molecule has 0 bridgehead atoms. The molecule has 0 spiro atoms. The van der Waals surface area contributed by atoms with Gasteiger partial charge in [-0.15, -0.1) is 11.3 Å². The second-order valence-electron chi connectivity index (χ2n) is 5.73. The van der Waals surface area contributed by atoms with Crippen molar-refractivity contribution in [1.29, 1.82) is 0 Å². The van der Waals surface area contributed by atoms with E-state index in [2.05, 4.69) is 34.1 Å². The van der Waals surface area contributed by atoms with Gasteiger partial charge in [0.2, 0.25) is 0 Å². The highest BCUT2D eigenvalue weighted by Gasteiger charge is 2.14. The summed E-state index contributed by atoms with van der Waals surface area (Å²) in [4.78, 5) is 17.7. The van der Waals surface area contributed by atoms with Crippen molar-refractivity contribution in [1.82, 2.24) is 9.88 Å². The Morgan fingerprint density at radius 3 is 2.68 bits per heavy atom. The van der Waals surface area contributed by atoms with Crippen molar-refractivity contribution in [3.05, 3.63) is 51.5 Å². The zero-order valence-corrected chi connectivity index (χ0v) is 13.3. The van der Waals surface area contributed by atoms with Crippen LogP contribution >= 0.6 is 11.3 Å². The van der Waals surface area contributed by atoms with Crippen molar-refractivity contribution in [2.24, 2.45) is 0 Å². The molecule has 0 aliphatic carbocycles. The average molecular weight is 316 g/mol. The zero-order valence-electron chi connectivity index (χ0n) is 12.5. The molecule has 1 aliphatic heterocycles. The van der Waals surface area contributed by atoms with E-state index in [1.807, 2.05) is 5.38 Å². The Balaban J connectivity index is 1.71. The molecule has 0 unspecified atom stereocenters. The molecule has 0 atom stereocenters. The summed E-state index contributed by atoms with van der Waals surface area (Å²) in [5.74, 6) is -0.828. The van der Waals surface area contributed by atoms with Crippen LogP contribution in [-0.4, -0.2) is 34.0 Å². The lowest BCUT2D eigenvalue weighted by Gasteiger charge is -2.17. The topological polar surface area (TPSA) is 53.4 Å². The van der Waals surface area contributed by atoms with Crippen molar-refractivity contribution in [2.75, 3.05) is 13.1 Å². The van der Waals surface area contributed by atoms with Gasteiger partial charge in [0, 0.05) is 18.3 Å². The average Bonchev–Trinajstić information content (AvgIpc) is 3.13. The first-order chi connectivity index (χ1) is 10.7. The number of carbonyl (C=O) groups is 1. The van der Waals surface area contributed by atoms with E-state index in [0.717, 1.165) is 18.0 Å². The summed E-state index contributed by atoms with van der Waals surface area (Å²) in [5.41, 5.74) is 3.31. The van der Waals surface area contributed by atoms with E-state index in [-0.39, 0.29) is 6.42 Å². The van der Waals surface area contributed by atoms with Gasteiger partial charge in [-0.05, 0) is 37.1 Å². The van der Waals surface area contributed by atoms with Crippen molar-refractivity contribution in [3.63, 3.8) is 0 Å². The van der Waals surface area contributed by atoms with Crippen LogP contribution in [0.4, 0.5) is 0 Å². The molecule has 1 N–H and O–H groups in total. The number of thiazole rings is 1. The first-order valence-electron chi connectivity index (χ1n) is 7.65. The molecular formula is C17H20N2O2S. The van der Waals surface area contributed by atoms with E-state index in [1.54, 1.807) is 11.3 Å². The zero-order chi connectivity index (χ0) is 15.4. The summed E-state index contributed by atoms with van der Waals surface area (Å²) in [7, 11) is 0. The van der Waals surface area contributed by atoms with Gasteiger partial charge in [0.1, 0.15) is 0 Å². The monoisotopic (exact) mass is 316 g/mol. The molecule has 0 saturated carbocycles. The number of aliphatic carboxylic acids is 1. The van der Waals surface area contributed by atoms with Crippen LogP contribution in [0.3, 0.4) is 0 Å². The second-order valence-corrected chi connectivity index (χ2v) is 6.67. The molecule has 1 fully saturated rings. The molecule has 2 aromatic rings. The Hall–Kier alpha value is -1.72. The van der Waals surface area contributed by atoms with Gasteiger partial charge in [-0.3, -0.25) is 9.69 Å². The molecule has 22 heavy (non-hydrogen) atoms. The summed E-state index contributed by atoms with van der Waals surface area (Å²) in [6.07, 6.45) is 3.39. The molecule has 2 heterocycles. The normalized spacial score (nSPS) is 15.3. The van der Waals surface area contributed by atoms with Crippen molar-refractivity contribution in [3.8, 4) is 0 Å². The predicted octanol–water partition coefficient (Wildman–Crippen LogP) is 2.96. The smallest absolute Gasteiger partial charge is 0.309 e. The molecule has 1 aromatic heterocycles. The number of rotatable bonds is 6. The van der Waals surface area contributed by atoms with Crippen LogP contribution in [0.1, 0.15) is 34.7 Å². The number of hydrogen-bond acceptors (Lipinski definition) is 4. The Morgan fingerprint density at radius 2 is 1.95 bits per heavy atom. The van der Waals surface area contributed by atoms with Gasteiger partial charge in [0.15, 0.2) is 0 Å². The first-order valence-corrected chi connectivity index (χ1v) is 8.53. The molecule has 1 aliphatic rings. The largest absolute Gasteiger partial charge is 0.481 e. The van der Waals surface area contributed by atoms with Crippen molar-refractivity contribution < 1.29 is 9.90 Å². The highest BCUT2D eigenvalue weighted by Crippen LogP contribution is 2.21. The molecule has 5 heteroatoms. The molecule has 0 radical (unpaired) electrons. The highest BCUT2D eigenvalue weighted by atomic mass is 32.1. The van der Waals surface area contributed by atoms with Crippen LogP contribution < -0.4 is 0 Å². The van der Waals surface area contributed by atoms with Gasteiger partial charge >= 0.3 is 5.97 Å². The van der Waals surface area contributed by atoms with Crippen LogP contribution in [0, 0.1) is 0 Å². The number of likely N-dealkylation sites (tertiary alicyclic amines) is 1. The number of nitrogens with zero attached hydrogens (tertiary/aromatic N) is 2. The summed E-state index contributed by atoms with van der Waals surface area (Å²) in [6, 6.07) is 8.50. The van der Waals surface area contributed by atoms with Crippen LogP contribution in [-0.2, 0) is 24.2 Å². The van der Waals surface area contributed by atoms with E-state index in [0.29, 0.717) is 5.69 Å².